The van der Waals surface area contributed by atoms with Gasteiger partial charge < -0.3 is 15.1 Å². The smallest absolute Gasteiger partial charge is 0.243 e. The predicted octanol–water partition coefficient (Wildman–Crippen LogP) is 3.71. The monoisotopic (exact) mass is 567 g/mol. The molecule has 160 valence electrons. The van der Waals surface area contributed by atoms with Crippen LogP contribution in [-0.4, -0.2) is 73.2 Å². The largest absolute Gasteiger partial charge is 0.355 e. The number of hydrogen-bond acceptors (Lipinski definition) is 5. The van der Waals surface area contributed by atoms with Gasteiger partial charge in [-0.3, -0.25) is 4.79 Å². The maximum atomic E-state index is 11.9. The van der Waals surface area contributed by atoms with Gasteiger partial charge in [-0.1, -0.05) is 11.6 Å². The third-order valence-corrected chi connectivity index (χ3v) is 5.94. The first-order valence-electron chi connectivity index (χ1n) is 8.92. The van der Waals surface area contributed by atoms with Crippen LogP contribution in [0.2, 0.25) is 5.02 Å². The van der Waals surface area contributed by atoms with Gasteiger partial charge >= 0.3 is 0 Å². The minimum atomic E-state index is -0.0248. The van der Waals surface area contributed by atoms with Crippen LogP contribution in [0.1, 0.15) is 5.01 Å². The molecule has 0 bridgehead atoms. The summed E-state index contributed by atoms with van der Waals surface area (Å²) in [6, 6.07) is 7.81. The Bertz CT molecular complexity index is 756. The standard InChI is InChI=1S/C19H26ClN5OS2.HI/c1-24(2)18(26)14-23-19(25(3)11-8-17-21-9-13-28-17)22-10-12-27-16-6-4-15(20)5-7-16;/h4-7,9,13H,8,10-12,14H2,1-3H3,(H,22,23);1H. The minimum absolute atomic E-state index is 0. The molecule has 10 heteroatoms. The van der Waals surface area contributed by atoms with Crippen LogP contribution < -0.4 is 5.32 Å². The lowest BCUT2D eigenvalue weighted by molar-refractivity contribution is -0.127. The van der Waals surface area contributed by atoms with E-state index in [4.69, 9.17) is 11.6 Å². The van der Waals surface area contributed by atoms with Crippen LogP contribution >= 0.6 is 58.7 Å². The molecular formula is C19H27ClIN5OS2. The van der Waals surface area contributed by atoms with Gasteiger partial charge in [0, 0.05) is 67.9 Å². The Kier molecular flexibility index (Phi) is 12.6. The van der Waals surface area contributed by atoms with Crippen molar-refractivity contribution in [3.8, 4) is 0 Å². The highest BCUT2D eigenvalue weighted by Crippen LogP contribution is 2.19. The number of carbonyl (C=O) groups is 1. The molecule has 29 heavy (non-hydrogen) atoms. The molecule has 0 saturated carbocycles. The summed E-state index contributed by atoms with van der Waals surface area (Å²) in [6.07, 6.45) is 2.66. The predicted molar refractivity (Wildman–Crippen MR) is 135 cm³/mol. The van der Waals surface area contributed by atoms with Crippen LogP contribution in [0.3, 0.4) is 0 Å². The lowest BCUT2D eigenvalue weighted by atomic mass is 10.4. The Balaban J connectivity index is 0.00000420. The zero-order valence-electron chi connectivity index (χ0n) is 16.8. The molecule has 0 aliphatic carbocycles. The number of hydrogen-bond donors (Lipinski definition) is 1. The number of thioether (sulfide) groups is 1. The van der Waals surface area contributed by atoms with E-state index in [1.165, 1.54) is 4.90 Å². The van der Waals surface area contributed by atoms with Gasteiger partial charge in [-0.05, 0) is 24.3 Å². The van der Waals surface area contributed by atoms with Crippen molar-refractivity contribution >= 4 is 70.5 Å². The fourth-order valence-electron chi connectivity index (χ4n) is 2.20. The van der Waals surface area contributed by atoms with Crippen LogP contribution in [-0.2, 0) is 11.2 Å². The van der Waals surface area contributed by atoms with E-state index in [1.54, 1.807) is 42.1 Å². The molecule has 0 unspecified atom stereocenters. The molecule has 0 radical (unpaired) electrons. The van der Waals surface area contributed by atoms with Crippen molar-refractivity contribution in [2.75, 3.05) is 46.5 Å². The second-order valence-electron chi connectivity index (χ2n) is 6.25. The topological polar surface area (TPSA) is 60.8 Å². The summed E-state index contributed by atoms with van der Waals surface area (Å²) in [7, 11) is 5.45. The SMILES string of the molecule is CN(C)C(=O)CN=C(NCCSc1ccc(Cl)cc1)N(C)CCc1nccs1.I. The minimum Gasteiger partial charge on any atom is -0.355 e. The van der Waals surface area contributed by atoms with E-state index in [0.29, 0.717) is 0 Å². The van der Waals surface area contributed by atoms with E-state index in [-0.39, 0.29) is 36.4 Å². The van der Waals surface area contributed by atoms with Gasteiger partial charge in [-0.15, -0.1) is 47.1 Å². The van der Waals surface area contributed by atoms with Crippen molar-refractivity contribution in [2.24, 2.45) is 4.99 Å². The number of nitrogens with one attached hydrogen (secondary N) is 1. The Morgan fingerprint density at radius 3 is 2.62 bits per heavy atom. The molecule has 0 saturated heterocycles. The average Bonchev–Trinajstić information content (AvgIpc) is 3.20. The molecule has 1 amide bonds. The van der Waals surface area contributed by atoms with Gasteiger partial charge in [0.1, 0.15) is 6.54 Å². The molecule has 0 atom stereocenters. The van der Waals surface area contributed by atoms with Crippen LogP contribution in [0.5, 0.6) is 0 Å². The van der Waals surface area contributed by atoms with Gasteiger partial charge in [0.15, 0.2) is 5.96 Å². The van der Waals surface area contributed by atoms with E-state index in [0.717, 1.165) is 41.3 Å². The molecule has 1 aromatic carbocycles. The Morgan fingerprint density at radius 2 is 2.00 bits per heavy atom. The van der Waals surface area contributed by atoms with Crippen LogP contribution in [0, 0.1) is 0 Å². The summed E-state index contributed by atoms with van der Waals surface area (Å²) in [5.74, 6) is 1.58. The van der Waals surface area contributed by atoms with Gasteiger partial charge in [0.25, 0.3) is 0 Å². The molecule has 0 fully saturated rings. The molecule has 2 rings (SSSR count). The number of thiazole rings is 1. The lowest BCUT2D eigenvalue weighted by Crippen LogP contribution is -2.41. The summed E-state index contributed by atoms with van der Waals surface area (Å²) >= 11 is 9.31. The number of aromatic nitrogens is 1. The van der Waals surface area contributed by atoms with E-state index < -0.39 is 0 Å². The number of rotatable bonds is 9. The second kappa shape index (κ2) is 14.1. The van der Waals surface area contributed by atoms with Crippen molar-refractivity contribution in [1.29, 1.82) is 0 Å². The maximum absolute atomic E-state index is 11.9. The second-order valence-corrected chi connectivity index (χ2v) is 8.84. The molecule has 1 heterocycles. The van der Waals surface area contributed by atoms with Crippen LogP contribution in [0.15, 0.2) is 45.7 Å². The molecule has 0 aliphatic heterocycles. The van der Waals surface area contributed by atoms with Gasteiger partial charge in [-0.25, -0.2) is 9.98 Å². The summed E-state index contributed by atoms with van der Waals surface area (Å²) < 4.78 is 0. The van der Waals surface area contributed by atoms with Crippen LogP contribution in [0.4, 0.5) is 0 Å². The third-order valence-electron chi connectivity index (χ3n) is 3.84. The normalized spacial score (nSPS) is 11.0. The number of likely N-dealkylation sites (N-methyl/N-ethyl adjacent to an activating group) is 2. The number of carbonyl (C=O) groups excluding carboxylic acids is 1. The number of nitrogens with zero attached hydrogens (tertiary/aromatic N) is 4. The van der Waals surface area contributed by atoms with Crippen molar-refractivity contribution in [3.63, 3.8) is 0 Å². The quantitative estimate of drug-likeness (QED) is 0.165. The number of guanidine groups is 1. The highest BCUT2D eigenvalue weighted by Gasteiger charge is 2.10. The van der Waals surface area contributed by atoms with E-state index in [1.807, 2.05) is 47.8 Å². The fourth-order valence-corrected chi connectivity index (χ4v) is 3.71. The third kappa shape index (κ3) is 10.0. The highest BCUT2D eigenvalue weighted by molar-refractivity contribution is 14.0. The fraction of sp³-hybridized carbons (Fsp3) is 0.421. The van der Waals surface area contributed by atoms with E-state index >= 15 is 0 Å². The zero-order chi connectivity index (χ0) is 20.4. The van der Waals surface area contributed by atoms with Gasteiger partial charge in [0.2, 0.25) is 5.91 Å². The Morgan fingerprint density at radius 1 is 1.28 bits per heavy atom. The molecule has 6 nitrogen and oxygen atoms in total. The summed E-state index contributed by atoms with van der Waals surface area (Å²) in [6.45, 7) is 1.64. The first kappa shape index (κ1) is 26.0. The highest BCUT2D eigenvalue weighted by atomic mass is 127. The van der Waals surface area contributed by atoms with Crippen molar-refractivity contribution in [3.05, 3.63) is 45.9 Å². The summed E-state index contributed by atoms with van der Waals surface area (Å²) in [5, 5.41) is 7.18. The molecule has 0 spiro atoms. The first-order valence-corrected chi connectivity index (χ1v) is 11.2. The molecule has 0 aliphatic rings. The molecule has 2 aromatic rings. The summed E-state index contributed by atoms with van der Waals surface area (Å²) in [4.78, 5) is 25.5. The van der Waals surface area contributed by atoms with Crippen molar-refractivity contribution in [1.82, 2.24) is 20.1 Å². The number of benzene rings is 1. The van der Waals surface area contributed by atoms with Crippen molar-refractivity contribution < 1.29 is 4.79 Å². The zero-order valence-corrected chi connectivity index (χ0v) is 21.5. The van der Waals surface area contributed by atoms with E-state index in [9.17, 15) is 4.79 Å². The number of amides is 1. The van der Waals surface area contributed by atoms with Crippen molar-refractivity contribution in [2.45, 2.75) is 11.3 Å². The Hall–Kier alpha value is -1.04. The lowest BCUT2D eigenvalue weighted by Gasteiger charge is -2.22. The van der Waals surface area contributed by atoms with Gasteiger partial charge in [-0.2, -0.15) is 0 Å². The first-order chi connectivity index (χ1) is 13.5. The molecule has 1 aromatic heterocycles. The van der Waals surface area contributed by atoms with E-state index in [2.05, 4.69) is 15.3 Å². The summed E-state index contributed by atoms with van der Waals surface area (Å²) in [5.41, 5.74) is 0. The number of halogens is 2. The average molecular weight is 568 g/mol. The van der Waals surface area contributed by atoms with Crippen LogP contribution in [0.25, 0.3) is 0 Å². The molecule has 1 N–H and O–H groups in total. The number of aliphatic imine (C=N–C) groups is 1. The van der Waals surface area contributed by atoms with Gasteiger partial charge in [0.05, 0.1) is 5.01 Å². The maximum Gasteiger partial charge on any atom is 0.243 e. The Labute approximate surface area is 203 Å². The molecular weight excluding hydrogens is 541 g/mol.